The number of fused-ring (bicyclic) bond motifs is 1. The first kappa shape index (κ1) is 12.3. The van der Waals surface area contributed by atoms with Gasteiger partial charge in [0.15, 0.2) is 0 Å². The van der Waals surface area contributed by atoms with Crippen molar-refractivity contribution in [3.8, 4) is 0 Å². The lowest BCUT2D eigenvalue weighted by atomic mass is 10.0. The monoisotopic (exact) mass is 243 g/mol. The van der Waals surface area contributed by atoms with E-state index in [0.717, 1.165) is 24.4 Å². The average molecular weight is 243 g/mol. The molecule has 1 aliphatic heterocycles. The van der Waals surface area contributed by atoms with E-state index in [1.165, 1.54) is 4.68 Å². The Morgan fingerprint density at radius 1 is 1.59 bits per heavy atom. The molecule has 96 valence electrons. The van der Waals surface area contributed by atoms with Gasteiger partial charge >= 0.3 is 0 Å². The molecule has 5 heteroatoms. The number of aromatic nitrogens is 2. The van der Waals surface area contributed by atoms with Gasteiger partial charge in [-0.2, -0.15) is 5.10 Å². The summed E-state index contributed by atoms with van der Waals surface area (Å²) in [6, 6.07) is 1.14. The Labute approximate surface area is 100 Å². The highest BCUT2D eigenvalue weighted by Gasteiger charge is 2.29. The van der Waals surface area contributed by atoms with Crippen molar-refractivity contribution in [3.63, 3.8) is 0 Å². The van der Waals surface area contributed by atoms with Gasteiger partial charge in [-0.3, -0.25) is 0 Å². The summed E-state index contributed by atoms with van der Waals surface area (Å²) in [5, 5.41) is 7.48. The Morgan fingerprint density at radius 2 is 2.35 bits per heavy atom. The van der Waals surface area contributed by atoms with Crippen LogP contribution in [0.2, 0.25) is 0 Å². The van der Waals surface area contributed by atoms with Gasteiger partial charge in [0, 0.05) is 18.5 Å². The zero-order chi connectivity index (χ0) is 12.4. The van der Waals surface area contributed by atoms with Gasteiger partial charge in [0.25, 0.3) is 6.43 Å². The summed E-state index contributed by atoms with van der Waals surface area (Å²) in [4.78, 5) is 0. The number of hydrogen-bond acceptors (Lipinski definition) is 2. The van der Waals surface area contributed by atoms with Crippen LogP contribution in [-0.4, -0.2) is 22.8 Å². The molecule has 1 aromatic heterocycles. The number of anilines is 1. The molecule has 0 amide bonds. The van der Waals surface area contributed by atoms with Gasteiger partial charge in [0.1, 0.15) is 11.9 Å². The van der Waals surface area contributed by atoms with E-state index in [0.29, 0.717) is 18.9 Å². The molecule has 0 spiro atoms. The number of alkyl halides is 2. The number of nitrogens with one attached hydrogen (secondary N) is 1. The Balaban J connectivity index is 2.24. The summed E-state index contributed by atoms with van der Waals surface area (Å²) >= 11 is 0. The topological polar surface area (TPSA) is 29.9 Å². The fraction of sp³-hybridized carbons (Fsp3) is 0.750. The Morgan fingerprint density at radius 3 is 3.00 bits per heavy atom. The van der Waals surface area contributed by atoms with E-state index in [1.54, 1.807) is 0 Å². The van der Waals surface area contributed by atoms with Crippen LogP contribution in [0, 0.1) is 0 Å². The molecule has 2 heterocycles. The highest BCUT2D eigenvalue weighted by Crippen LogP contribution is 2.31. The molecule has 0 aromatic carbocycles. The first-order valence-corrected chi connectivity index (χ1v) is 6.25. The third kappa shape index (κ3) is 2.42. The van der Waals surface area contributed by atoms with Gasteiger partial charge in [-0.1, -0.05) is 20.3 Å². The maximum Gasteiger partial charge on any atom is 0.260 e. The lowest BCUT2D eigenvalue weighted by molar-refractivity contribution is 0.0712. The standard InChI is InChI=1S/C12H19F2N3/c1-3-4-8(2)9-7-11-15-6-5-10(12(13)14)17(11)16-9/h7-8,10,12,15H,3-6H2,1-2H3. The number of hydrogen-bond donors (Lipinski definition) is 1. The highest BCUT2D eigenvalue weighted by atomic mass is 19.3. The summed E-state index contributed by atoms with van der Waals surface area (Å²) in [6.07, 6.45) is 0.212. The second-order valence-electron chi connectivity index (χ2n) is 4.71. The Kier molecular flexibility index (Phi) is 3.64. The van der Waals surface area contributed by atoms with Gasteiger partial charge in [0.2, 0.25) is 0 Å². The third-order valence-corrected chi connectivity index (χ3v) is 3.33. The molecule has 0 bridgehead atoms. The Hall–Kier alpha value is -1.13. The van der Waals surface area contributed by atoms with Gasteiger partial charge in [0.05, 0.1) is 5.69 Å². The second kappa shape index (κ2) is 5.02. The summed E-state index contributed by atoms with van der Waals surface area (Å²) < 4.78 is 27.2. The van der Waals surface area contributed by atoms with Crippen molar-refractivity contribution < 1.29 is 8.78 Å². The summed E-state index contributed by atoms with van der Waals surface area (Å²) in [5.41, 5.74) is 0.918. The largest absolute Gasteiger partial charge is 0.370 e. The lowest BCUT2D eigenvalue weighted by Crippen LogP contribution is -2.28. The van der Waals surface area contributed by atoms with Gasteiger partial charge in [-0.05, 0) is 12.8 Å². The predicted molar refractivity (Wildman–Crippen MR) is 63.7 cm³/mol. The van der Waals surface area contributed by atoms with Crippen molar-refractivity contribution in [1.82, 2.24) is 9.78 Å². The van der Waals surface area contributed by atoms with Gasteiger partial charge in [-0.25, -0.2) is 13.5 Å². The van der Waals surface area contributed by atoms with Crippen molar-refractivity contribution in [3.05, 3.63) is 11.8 Å². The predicted octanol–water partition coefficient (Wildman–Crippen LogP) is 3.41. The van der Waals surface area contributed by atoms with E-state index < -0.39 is 12.5 Å². The maximum absolute atomic E-state index is 12.9. The smallest absolute Gasteiger partial charge is 0.260 e. The van der Waals surface area contributed by atoms with Crippen LogP contribution in [0.3, 0.4) is 0 Å². The quantitative estimate of drug-likeness (QED) is 0.878. The molecule has 2 rings (SSSR count). The minimum atomic E-state index is -2.34. The molecule has 2 unspecified atom stereocenters. The van der Waals surface area contributed by atoms with Gasteiger partial charge in [-0.15, -0.1) is 0 Å². The molecule has 2 atom stereocenters. The van der Waals surface area contributed by atoms with Crippen LogP contribution in [0.15, 0.2) is 6.07 Å². The molecule has 0 radical (unpaired) electrons. The Bertz CT molecular complexity index is 376. The normalized spacial score (nSPS) is 21.1. The lowest BCUT2D eigenvalue weighted by Gasteiger charge is -2.24. The van der Waals surface area contributed by atoms with E-state index >= 15 is 0 Å². The molecule has 0 saturated heterocycles. The van der Waals surface area contributed by atoms with E-state index in [-0.39, 0.29) is 0 Å². The van der Waals surface area contributed by atoms with Crippen LogP contribution in [0.1, 0.15) is 50.8 Å². The van der Waals surface area contributed by atoms with Crippen molar-refractivity contribution in [2.75, 3.05) is 11.9 Å². The first-order chi connectivity index (χ1) is 8.13. The fourth-order valence-corrected chi connectivity index (χ4v) is 2.32. The minimum absolute atomic E-state index is 0.332. The van der Waals surface area contributed by atoms with Crippen molar-refractivity contribution in [1.29, 1.82) is 0 Å². The van der Waals surface area contributed by atoms with Crippen LogP contribution < -0.4 is 5.32 Å². The highest BCUT2D eigenvalue weighted by molar-refractivity contribution is 5.40. The van der Waals surface area contributed by atoms with Crippen LogP contribution in [-0.2, 0) is 0 Å². The second-order valence-corrected chi connectivity index (χ2v) is 4.71. The van der Waals surface area contributed by atoms with E-state index in [1.807, 2.05) is 6.07 Å². The van der Waals surface area contributed by atoms with E-state index in [9.17, 15) is 8.78 Å². The molecule has 1 N–H and O–H groups in total. The van der Waals surface area contributed by atoms with Crippen LogP contribution in [0.25, 0.3) is 0 Å². The summed E-state index contributed by atoms with van der Waals surface area (Å²) in [7, 11) is 0. The van der Waals surface area contributed by atoms with E-state index in [2.05, 4.69) is 24.3 Å². The van der Waals surface area contributed by atoms with Gasteiger partial charge < -0.3 is 5.32 Å². The maximum atomic E-state index is 12.9. The number of nitrogens with zero attached hydrogens (tertiary/aromatic N) is 2. The van der Waals surface area contributed by atoms with Crippen molar-refractivity contribution in [2.45, 2.75) is 51.5 Å². The zero-order valence-corrected chi connectivity index (χ0v) is 10.3. The summed E-state index contributed by atoms with van der Waals surface area (Å²) in [6.45, 7) is 4.81. The van der Waals surface area contributed by atoms with Crippen LogP contribution in [0.5, 0.6) is 0 Å². The fourth-order valence-electron chi connectivity index (χ4n) is 2.32. The van der Waals surface area contributed by atoms with E-state index in [4.69, 9.17) is 0 Å². The van der Waals surface area contributed by atoms with Crippen molar-refractivity contribution >= 4 is 5.82 Å². The van der Waals surface area contributed by atoms with Crippen LogP contribution in [0.4, 0.5) is 14.6 Å². The molecule has 1 aromatic rings. The molecule has 3 nitrogen and oxygen atoms in total. The average Bonchev–Trinajstić information content (AvgIpc) is 2.72. The molecule has 17 heavy (non-hydrogen) atoms. The molecular formula is C12H19F2N3. The molecule has 0 fully saturated rings. The molecule has 0 aliphatic carbocycles. The summed E-state index contributed by atoms with van der Waals surface area (Å²) in [5.74, 6) is 1.07. The number of rotatable bonds is 4. The van der Waals surface area contributed by atoms with Crippen molar-refractivity contribution in [2.24, 2.45) is 0 Å². The third-order valence-electron chi connectivity index (χ3n) is 3.33. The zero-order valence-electron chi connectivity index (χ0n) is 10.3. The molecule has 0 saturated carbocycles. The molecule has 1 aliphatic rings. The van der Waals surface area contributed by atoms with Crippen LogP contribution >= 0.6 is 0 Å². The number of halogens is 2. The SMILES string of the molecule is CCCC(C)c1cc2n(n1)C(C(F)F)CCN2. The first-order valence-electron chi connectivity index (χ1n) is 6.25. The minimum Gasteiger partial charge on any atom is -0.370 e. The molecular weight excluding hydrogens is 224 g/mol.